The normalized spacial score (nSPS) is 17.3. The first-order chi connectivity index (χ1) is 14.1. The number of aromatic nitrogens is 1. The summed E-state index contributed by atoms with van der Waals surface area (Å²) in [4.78, 5) is 30.3. The van der Waals surface area contributed by atoms with Gasteiger partial charge in [0.25, 0.3) is 5.91 Å². The predicted octanol–water partition coefficient (Wildman–Crippen LogP) is 3.58. The molecule has 2 aromatic rings. The van der Waals surface area contributed by atoms with Gasteiger partial charge in [-0.1, -0.05) is 6.07 Å². The third-order valence-electron chi connectivity index (χ3n) is 5.61. The van der Waals surface area contributed by atoms with Gasteiger partial charge in [-0.25, -0.2) is 0 Å². The second-order valence-corrected chi connectivity index (χ2v) is 7.48. The van der Waals surface area contributed by atoms with Crippen LogP contribution in [0.1, 0.15) is 59.8 Å². The van der Waals surface area contributed by atoms with Gasteiger partial charge in [-0.3, -0.25) is 14.6 Å². The minimum atomic E-state index is -0.975. The summed E-state index contributed by atoms with van der Waals surface area (Å²) in [7, 11) is 1.56. The molecular weight excluding hydrogens is 372 g/mol. The number of amides is 1. The summed E-state index contributed by atoms with van der Waals surface area (Å²) in [5.74, 6) is 0.0172. The van der Waals surface area contributed by atoms with Gasteiger partial charge in [-0.05, 0) is 55.5 Å². The molecule has 29 heavy (non-hydrogen) atoms. The van der Waals surface area contributed by atoms with E-state index in [0.29, 0.717) is 28.3 Å². The Morgan fingerprint density at radius 1 is 1.28 bits per heavy atom. The zero-order chi connectivity index (χ0) is 20.4. The summed E-state index contributed by atoms with van der Waals surface area (Å²) in [6, 6.07) is 8.23. The van der Waals surface area contributed by atoms with Crippen molar-refractivity contribution in [3.63, 3.8) is 0 Å². The van der Waals surface area contributed by atoms with E-state index in [-0.39, 0.29) is 25.0 Å². The van der Waals surface area contributed by atoms with E-state index >= 15 is 0 Å². The van der Waals surface area contributed by atoms with E-state index in [2.05, 4.69) is 4.98 Å². The van der Waals surface area contributed by atoms with Crippen molar-refractivity contribution >= 4 is 11.9 Å². The summed E-state index contributed by atoms with van der Waals surface area (Å²) >= 11 is 0. The van der Waals surface area contributed by atoms with Gasteiger partial charge in [0.2, 0.25) is 0 Å². The molecule has 1 atom stereocenters. The molecule has 4 rings (SSSR count). The van der Waals surface area contributed by atoms with Crippen molar-refractivity contribution < 1.29 is 24.2 Å². The summed E-state index contributed by atoms with van der Waals surface area (Å²) in [6.45, 7) is 0.287. The number of methoxy groups -OCH3 is 1. The fourth-order valence-corrected chi connectivity index (χ4v) is 4.15. The minimum Gasteiger partial charge on any atom is -0.493 e. The van der Waals surface area contributed by atoms with Crippen LogP contribution in [0.4, 0.5) is 0 Å². The van der Waals surface area contributed by atoms with Crippen molar-refractivity contribution in [2.24, 2.45) is 0 Å². The number of aliphatic carboxylic acids is 1. The Balaban J connectivity index is 1.63. The van der Waals surface area contributed by atoms with Crippen molar-refractivity contribution in [2.75, 3.05) is 7.11 Å². The van der Waals surface area contributed by atoms with Crippen molar-refractivity contribution in [1.29, 1.82) is 0 Å². The van der Waals surface area contributed by atoms with Crippen LogP contribution in [0.2, 0.25) is 0 Å². The number of benzene rings is 1. The highest BCUT2D eigenvalue weighted by Crippen LogP contribution is 2.38. The molecule has 1 aromatic carbocycles. The number of rotatable bonds is 7. The largest absolute Gasteiger partial charge is 0.493 e. The number of hydrogen-bond acceptors (Lipinski definition) is 5. The number of carboxylic acids is 1. The highest BCUT2D eigenvalue weighted by atomic mass is 16.5. The lowest BCUT2D eigenvalue weighted by Crippen LogP contribution is -2.31. The monoisotopic (exact) mass is 396 g/mol. The van der Waals surface area contributed by atoms with Gasteiger partial charge in [0.15, 0.2) is 11.5 Å². The fraction of sp³-hybridized carbons (Fsp3) is 0.409. The summed E-state index contributed by atoms with van der Waals surface area (Å²) < 4.78 is 11.6. The molecule has 7 heteroatoms. The molecule has 0 spiro atoms. The first-order valence-corrected chi connectivity index (χ1v) is 9.88. The van der Waals surface area contributed by atoms with Crippen molar-refractivity contribution in [2.45, 2.75) is 50.8 Å². The SMILES string of the molecule is COc1cc(C(CC(=O)O)N2Cc3ncccc3C2=O)ccc1OC1CCCC1. The lowest BCUT2D eigenvalue weighted by Gasteiger charge is -2.27. The fourth-order valence-electron chi connectivity index (χ4n) is 4.15. The lowest BCUT2D eigenvalue weighted by molar-refractivity contribution is -0.138. The maximum absolute atomic E-state index is 12.9. The van der Waals surface area contributed by atoms with Gasteiger partial charge in [0.1, 0.15) is 0 Å². The Bertz CT molecular complexity index is 923. The number of nitrogens with zero attached hydrogens (tertiary/aromatic N) is 2. The summed E-state index contributed by atoms with van der Waals surface area (Å²) in [5.41, 5.74) is 1.89. The van der Waals surface area contributed by atoms with E-state index in [4.69, 9.17) is 9.47 Å². The minimum absolute atomic E-state index is 0.185. The molecule has 0 bridgehead atoms. The number of fused-ring (bicyclic) bond motifs is 1. The Morgan fingerprint density at radius 3 is 2.76 bits per heavy atom. The average Bonchev–Trinajstić information content (AvgIpc) is 3.35. The highest BCUT2D eigenvalue weighted by Gasteiger charge is 2.35. The number of carbonyl (C=O) groups is 2. The molecule has 2 heterocycles. The van der Waals surface area contributed by atoms with Crippen LogP contribution >= 0.6 is 0 Å². The van der Waals surface area contributed by atoms with E-state index < -0.39 is 12.0 Å². The molecule has 2 aliphatic rings. The Labute approximate surface area is 169 Å². The Hall–Kier alpha value is -3.09. The van der Waals surface area contributed by atoms with Crippen LogP contribution in [-0.2, 0) is 11.3 Å². The molecule has 1 fully saturated rings. The van der Waals surface area contributed by atoms with Gasteiger partial charge in [0.05, 0.1) is 43.5 Å². The lowest BCUT2D eigenvalue weighted by atomic mass is 10.0. The van der Waals surface area contributed by atoms with Crippen LogP contribution in [-0.4, -0.2) is 40.1 Å². The van der Waals surface area contributed by atoms with Gasteiger partial charge in [-0.15, -0.1) is 0 Å². The number of pyridine rings is 1. The van der Waals surface area contributed by atoms with Crippen LogP contribution in [0.15, 0.2) is 36.5 Å². The molecule has 1 aliphatic carbocycles. The van der Waals surface area contributed by atoms with Crippen LogP contribution in [0.5, 0.6) is 11.5 Å². The topological polar surface area (TPSA) is 89.0 Å². The van der Waals surface area contributed by atoms with Crippen molar-refractivity contribution in [1.82, 2.24) is 9.88 Å². The molecule has 1 N–H and O–H groups in total. The van der Waals surface area contributed by atoms with Gasteiger partial charge in [0, 0.05) is 6.20 Å². The third-order valence-corrected chi connectivity index (χ3v) is 5.61. The van der Waals surface area contributed by atoms with E-state index in [1.54, 1.807) is 36.4 Å². The molecule has 1 unspecified atom stereocenters. The number of ether oxygens (including phenoxy) is 2. The first kappa shape index (κ1) is 19.2. The highest BCUT2D eigenvalue weighted by molar-refractivity contribution is 5.98. The smallest absolute Gasteiger partial charge is 0.305 e. The van der Waals surface area contributed by atoms with E-state index in [0.717, 1.165) is 25.7 Å². The third kappa shape index (κ3) is 3.90. The molecule has 1 saturated carbocycles. The van der Waals surface area contributed by atoms with Gasteiger partial charge >= 0.3 is 5.97 Å². The van der Waals surface area contributed by atoms with E-state index in [9.17, 15) is 14.7 Å². The van der Waals surface area contributed by atoms with Crippen LogP contribution < -0.4 is 9.47 Å². The molecule has 1 amide bonds. The number of hydrogen-bond donors (Lipinski definition) is 1. The molecule has 1 aliphatic heterocycles. The Morgan fingerprint density at radius 2 is 2.07 bits per heavy atom. The number of carboxylic acid groups (broad SMARTS) is 1. The molecule has 1 aromatic heterocycles. The average molecular weight is 396 g/mol. The van der Waals surface area contributed by atoms with Crippen LogP contribution in [0.3, 0.4) is 0 Å². The van der Waals surface area contributed by atoms with Crippen LogP contribution in [0, 0.1) is 0 Å². The molecular formula is C22H24N2O5. The Kier molecular flexibility index (Phi) is 5.38. The van der Waals surface area contributed by atoms with Crippen LogP contribution in [0.25, 0.3) is 0 Å². The maximum Gasteiger partial charge on any atom is 0.305 e. The summed E-state index contributed by atoms with van der Waals surface area (Å²) in [5, 5.41) is 9.47. The summed E-state index contributed by atoms with van der Waals surface area (Å²) in [6.07, 6.45) is 6.01. The molecule has 152 valence electrons. The second-order valence-electron chi connectivity index (χ2n) is 7.48. The zero-order valence-electron chi connectivity index (χ0n) is 16.3. The molecule has 0 radical (unpaired) electrons. The standard InChI is InChI=1S/C22H24N2O5/c1-28-20-11-14(8-9-19(20)29-15-5-2-3-6-15)18(12-21(25)26)24-13-17-16(22(24)27)7-4-10-23-17/h4,7-11,15,18H,2-3,5-6,12-13H2,1H3,(H,25,26). The first-order valence-electron chi connectivity index (χ1n) is 9.88. The second kappa shape index (κ2) is 8.11. The predicted molar refractivity (Wildman–Crippen MR) is 105 cm³/mol. The molecule has 0 saturated heterocycles. The maximum atomic E-state index is 12.9. The van der Waals surface area contributed by atoms with Gasteiger partial charge < -0.3 is 19.5 Å². The zero-order valence-corrected chi connectivity index (χ0v) is 16.3. The van der Waals surface area contributed by atoms with Gasteiger partial charge in [-0.2, -0.15) is 0 Å². The van der Waals surface area contributed by atoms with E-state index in [1.807, 2.05) is 12.1 Å². The van der Waals surface area contributed by atoms with E-state index in [1.165, 1.54) is 0 Å². The number of carbonyl (C=O) groups excluding carboxylic acids is 1. The molecule has 7 nitrogen and oxygen atoms in total. The quantitative estimate of drug-likeness (QED) is 0.769. The van der Waals surface area contributed by atoms with Crippen molar-refractivity contribution in [3.05, 3.63) is 53.3 Å². The van der Waals surface area contributed by atoms with Crippen molar-refractivity contribution in [3.8, 4) is 11.5 Å².